The summed E-state index contributed by atoms with van der Waals surface area (Å²) < 4.78 is 12.4. The molecule has 49 heavy (non-hydrogen) atoms. The minimum Gasteiger partial charge on any atom is -0.448 e. The molecule has 1 aliphatic carbocycles. The number of benzene rings is 5. The van der Waals surface area contributed by atoms with Crippen LogP contribution in [0.5, 0.6) is 0 Å². The maximum absolute atomic E-state index is 14.2. The smallest absolute Gasteiger partial charge is 0.410 e. The van der Waals surface area contributed by atoms with E-state index in [0.29, 0.717) is 21.7 Å². The first-order chi connectivity index (χ1) is 23.7. The Kier molecular flexibility index (Phi) is 9.83. The molecule has 0 aromatic heterocycles. The normalized spacial score (nSPS) is 12.7. The number of carbonyl (C=O) groups is 3. The lowest BCUT2D eigenvalue weighted by molar-refractivity contribution is -0.157. The second kappa shape index (κ2) is 14.4. The fourth-order valence-corrected chi connectivity index (χ4v) is 6.89. The molecule has 2 amide bonds. The van der Waals surface area contributed by atoms with Crippen LogP contribution in [0, 0.1) is 0 Å². The van der Waals surface area contributed by atoms with Crippen LogP contribution >= 0.6 is 11.6 Å². The molecule has 0 radical (unpaired) electrons. The summed E-state index contributed by atoms with van der Waals surface area (Å²) in [6.07, 6.45) is -1.15. The largest absolute Gasteiger partial charge is 0.448 e. The number of rotatable bonds is 10. The number of esters is 1. The molecule has 0 saturated heterocycles. The predicted octanol–water partition coefficient (Wildman–Crippen LogP) is 7.90. The van der Waals surface area contributed by atoms with Crippen molar-refractivity contribution in [2.24, 2.45) is 0 Å². The van der Waals surface area contributed by atoms with E-state index in [-0.39, 0.29) is 12.5 Å². The van der Waals surface area contributed by atoms with Gasteiger partial charge in [-0.3, -0.25) is 14.5 Å². The molecule has 0 aliphatic heterocycles. The van der Waals surface area contributed by atoms with Crippen LogP contribution in [0.4, 0.5) is 4.79 Å². The summed E-state index contributed by atoms with van der Waals surface area (Å²) in [6.45, 7) is 0.0716. The van der Waals surface area contributed by atoms with Gasteiger partial charge >= 0.3 is 12.1 Å². The number of ether oxygens (including phenoxy) is 2. The van der Waals surface area contributed by atoms with E-state index in [0.717, 1.165) is 22.3 Å². The Morgan fingerprint density at radius 1 is 0.694 bits per heavy atom. The van der Waals surface area contributed by atoms with Crippen LogP contribution < -0.4 is 0 Å². The Morgan fingerprint density at radius 2 is 1.18 bits per heavy atom. The van der Waals surface area contributed by atoms with E-state index in [1.165, 1.54) is 16.8 Å². The third-order valence-corrected chi connectivity index (χ3v) is 9.39. The van der Waals surface area contributed by atoms with Gasteiger partial charge in [0.05, 0.1) is 6.42 Å². The number of amides is 2. The minimum atomic E-state index is -1.45. The minimum absolute atomic E-state index is 0.0716. The molecular formula is C41H37ClN2O5. The molecule has 7 nitrogen and oxygen atoms in total. The zero-order valence-corrected chi connectivity index (χ0v) is 28.3. The number of fused-ring (bicyclic) bond motifs is 3. The van der Waals surface area contributed by atoms with E-state index in [1.54, 1.807) is 20.2 Å². The molecule has 6 rings (SSSR count). The van der Waals surface area contributed by atoms with Crippen LogP contribution in [0.1, 0.15) is 40.2 Å². The number of likely N-dealkylation sites (N-methyl/N-ethyl adjacent to an activating group) is 2. The van der Waals surface area contributed by atoms with Crippen molar-refractivity contribution in [1.82, 2.24) is 9.80 Å². The Morgan fingerprint density at radius 3 is 1.71 bits per heavy atom. The highest BCUT2D eigenvalue weighted by Gasteiger charge is 2.43. The van der Waals surface area contributed by atoms with Gasteiger partial charge in [0.25, 0.3) is 0 Å². The van der Waals surface area contributed by atoms with Crippen molar-refractivity contribution < 1.29 is 23.9 Å². The Bertz CT molecular complexity index is 1880. The molecule has 0 unspecified atom stereocenters. The number of carbonyl (C=O) groups excluding carboxylic acids is 3. The fourth-order valence-electron chi connectivity index (χ4n) is 6.62. The number of hydrogen-bond donors (Lipinski definition) is 0. The quantitative estimate of drug-likeness (QED) is 0.111. The second-order valence-electron chi connectivity index (χ2n) is 12.2. The average molecular weight is 673 g/mol. The van der Waals surface area contributed by atoms with E-state index in [9.17, 15) is 14.4 Å². The topological polar surface area (TPSA) is 76.2 Å². The van der Waals surface area contributed by atoms with Gasteiger partial charge in [-0.25, -0.2) is 4.79 Å². The standard InChI is InChI=1S/C41H37ClN2O5/c1-43(2)39(46)37(44(3)40(47)48-27-34-32-22-12-10-20-30(32)31-21-11-13-23-33(31)34)26-38(45)49-41(28-16-6-4-7-17-28,29-18-8-5-9-19-29)35-24-14-15-25-36(35)42/h4-25,34,37H,26-27H2,1-3H3/t37-/m0/s1. The number of nitrogens with zero attached hydrogens (tertiary/aromatic N) is 2. The van der Waals surface area contributed by atoms with Crippen molar-refractivity contribution in [3.63, 3.8) is 0 Å². The van der Waals surface area contributed by atoms with Crippen molar-refractivity contribution >= 4 is 29.6 Å². The molecule has 8 heteroatoms. The summed E-state index contributed by atoms with van der Waals surface area (Å²) >= 11 is 6.81. The highest BCUT2D eigenvalue weighted by atomic mass is 35.5. The third kappa shape index (κ3) is 6.54. The van der Waals surface area contributed by atoms with Gasteiger partial charge in [-0.05, 0) is 28.3 Å². The average Bonchev–Trinajstić information content (AvgIpc) is 3.45. The Hall–Kier alpha value is -5.40. The molecule has 5 aromatic carbocycles. The molecule has 5 aromatic rings. The molecule has 0 spiro atoms. The van der Waals surface area contributed by atoms with E-state index in [4.69, 9.17) is 21.1 Å². The first-order valence-corrected chi connectivity index (χ1v) is 16.5. The van der Waals surface area contributed by atoms with Crippen molar-refractivity contribution in [3.8, 4) is 11.1 Å². The number of halogens is 1. The number of hydrogen-bond acceptors (Lipinski definition) is 5. The summed E-state index contributed by atoms with van der Waals surface area (Å²) in [5, 5.41) is 0.402. The molecule has 0 fully saturated rings. The highest BCUT2D eigenvalue weighted by molar-refractivity contribution is 6.31. The predicted molar refractivity (Wildman–Crippen MR) is 190 cm³/mol. The van der Waals surface area contributed by atoms with Crippen molar-refractivity contribution in [3.05, 3.63) is 166 Å². The van der Waals surface area contributed by atoms with Gasteiger partial charge in [0.2, 0.25) is 5.91 Å². The monoisotopic (exact) mass is 672 g/mol. The molecule has 0 N–H and O–H groups in total. The van der Waals surface area contributed by atoms with Gasteiger partial charge in [-0.2, -0.15) is 0 Å². The van der Waals surface area contributed by atoms with E-state index in [1.807, 2.05) is 115 Å². The van der Waals surface area contributed by atoms with Crippen molar-refractivity contribution in [2.45, 2.75) is 24.0 Å². The lowest BCUT2D eigenvalue weighted by atomic mass is 9.80. The maximum atomic E-state index is 14.2. The molecule has 1 atom stereocenters. The van der Waals surface area contributed by atoms with E-state index >= 15 is 0 Å². The fraction of sp³-hybridized carbons (Fsp3) is 0.195. The summed E-state index contributed by atoms with van der Waals surface area (Å²) in [5.41, 5.74) is 4.80. The SMILES string of the molecule is CN(C)C(=O)[C@H](CC(=O)OC(c1ccccc1)(c1ccccc1)c1ccccc1Cl)N(C)C(=O)OCC1c2ccccc2-c2ccccc21. The van der Waals surface area contributed by atoms with Crippen LogP contribution in [0.15, 0.2) is 133 Å². The lowest BCUT2D eigenvalue weighted by Gasteiger charge is -2.37. The zero-order valence-electron chi connectivity index (χ0n) is 27.6. The van der Waals surface area contributed by atoms with Crippen LogP contribution in [-0.4, -0.2) is 61.6 Å². The molecule has 0 bridgehead atoms. The second-order valence-corrected chi connectivity index (χ2v) is 12.6. The van der Waals surface area contributed by atoms with Gasteiger partial charge in [0.15, 0.2) is 5.60 Å². The van der Waals surface area contributed by atoms with Crippen molar-refractivity contribution in [2.75, 3.05) is 27.7 Å². The highest BCUT2D eigenvalue weighted by Crippen LogP contribution is 2.45. The van der Waals surface area contributed by atoms with Gasteiger partial charge < -0.3 is 14.4 Å². The van der Waals surface area contributed by atoms with Crippen LogP contribution in [0.2, 0.25) is 5.02 Å². The molecule has 0 saturated carbocycles. The Balaban J connectivity index is 1.29. The maximum Gasteiger partial charge on any atom is 0.410 e. The van der Waals surface area contributed by atoms with Crippen LogP contribution in [0.3, 0.4) is 0 Å². The van der Waals surface area contributed by atoms with Gasteiger partial charge in [0.1, 0.15) is 12.6 Å². The molecule has 248 valence electrons. The lowest BCUT2D eigenvalue weighted by Crippen LogP contribution is -2.49. The molecule has 0 heterocycles. The molecular weight excluding hydrogens is 636 g/mol. The summed E-state index contributed by atoms with van der Waals surface area (Å²) in [4.78, 5) is 43.9. The van der Waals surface area contributed by atoms with Gasteiger partial charge in [-0.1, -0.05) is 139 Å². The third-order valence-electron chi connectivity index (χ3n) is 9.06. The van der Waals surface area contributed by atoms with E-state index in [2.05, 4.69) is 12.1 Å². The van der Waals surface area contributed by atoms with Crippen LogP contribution in [0.25, 0.3) is 11.1 Å². The van der Waals surface area contributed by atoms with Gasteiger partial charge in [-0.15, -0.1) is 0 Å². The zero-order chi connectivity index (χ0) is 34.5. The molecule has 1 aliphatic rings. The summed E-state index contributed by atoms with van der Waals surface area (Å²) in [6, 6.07) is 40.8. The van der Waals surface area contributed by atoms with Crippen LogP contribution in [-0.2, 0) is 24.7 Å². The summed E-state index contributed by atoms with van der Waals surface area (Å²) in [5.74, 6) is -1.31. The first kappa shape index (κ1) is 33.5. The first-order valence-electron chi connectivity index (χ1n) is 16.1. The van der Waals surface area contributed by atoms with Crippen molar-refractivity contribution in [1.29, 1.82) is 0 Å². The van der Waals surface area contributed by atoms with E-state index < -0.39 is 36.0 Å². The van der Waals surface area contributed by atoms with Gasteiger partial charge in [0, 0.05) is 48.8 Å². The summed E-state index contributed by atoms with van der Waals surface area (Å²) in [7, 11) is 4.62. The Labute approximate surface area is 291 Å².